The van der Waals surface area contributed by atoms with E-state index in [0.717, 1.165) is 30.1 Å². The van der Waals surface area contributed by atoms with Crippen LogP contribution < -0.4 is 5.32 Å². The highest BCUT2D eigenvalue weighted by atomic mass is 16.3. The standard InChI is InChI=1S/C15H15N3O/c1-11-5-2-3-6-12(11)16-10-8-14-18-15-13(19-14)7-4-9-17-15/h2-7,9,16H,8,10H2,1H3. The molecule has 0 fully saturated rings. The predicted octanol–water partition coefficient (Wildman–Crippen LogP) is 3.19. The van der Waals surface area contributed by atoms with Gasteiger partial charge in [0.2, 0.25) is 0 Å². The van der Waals surface area contributed by atoms with Crippen LogP contribution in [0.2, 0.25) is 0 Å². The number of fused-ring (bicyclic) bond motifs is 1. The van der Waals surface area contributed by atoms with Crippen molar-refractivity contribution in [1.29, 1.82) is 0 Å². The topological polar surface area (TPSA) is 51.0 Å². The van der Waals surface area contributed by atoms with Gasteiger partial charge in [0.15, 0.2) is 17.1 Å². The molecule has 1 N–H and O–H groups in total. The van der Waals surface area contributed by atoms with Crippen molar-refractivity contribution in [2.75, 3.05) is 11.9 Å². The van der Waals surface area contributed by atoms with Crippen molar-refractivity contribution in [3.63, 3.8) is 0 Å². The maximum Gasteiger partial charge on any atom is 0.198 e. The summed E-state index contributed by atoms with van der Waals surface area (Å²) in [6, 6.07) is 12.0. The minimum absolute atomic E-state index is 0.674. The zero-order valence-electron chi connectivity index (χ0n) is 10.8. The average molecular weight is 253 g/mol. The van der Waals surface area contributed by atoms with Crippen LogP contribution in [0.4, 0.5) is 5.69 Å². The Balaban J connectivity index is 1.65. The first-order valence-electron chi connectivity index (χ1n) is 6.33. The zero-order chi connectivity index (χ0) is 13.1. The highest BCUT2D eigenvalue weighted by Crippen LogP contribution is 2.15. The Hall–Kier alpha value is -2.36. The van der Waals surface area contributed by atoms with Crippen molar-refractivity contribution in [2.24, 2.45) is 0 Å². The van der Waals surface area contributed by atoms with Crippen LogP contribution in [0.25, 0.3) is 11.2 Å². The van der Waals surface area contributed by atoms with Gasteiger partial charge in [0, 0.05) is 24.8 Å². The first-order valence-corrected chi connectivity index (χ1v) is 6.33. The SMILES string of the molecule is Cc1ccccc1NCCc1nc2ncccc2o1. The van der Waals surface area contributed by atoms with Gasteiger partial charge in [-0.05, 0) is 30.7 Å². The van der Waals surface area contributed by atoms with E-state index in [9.17, 15) is 0 Å². The van der Waals surface area contributed by atoms with Gasteiger partial charge in [0.25, 0.3) is 0 Å². The molecule has 3 aromatic rings. The molecule has 96 valence electrons. The van der Waals surface area contributed by atoms with Crippen molar-refractivity contribution >= 4 is 16.9 Å². The van der Waals surface area contributed by atoms with Crippen LogP contribution >= 0.6 is 0 Å². The van der Waals surface area contributed by atoms with Gasteiger partial charge >= 0.3 is 0 Å². The highest BCUT2D eigenvalue weighted by Gasteiger charge is 2.05. The van der Waals surface area contributed by atoms with Crippen LogP contribution in [0.3, 0.4) is 0 Å². The van der Waals surface area contributed by atoms with Crippen molar-refractivity contribution in [3.8, 4) is 0 Å². The molecule has 0 atom stereocenters. The summed E-state index contributed by atoms with van der Waals surface area (Å²) in [7, 11) is 0. The Morgan fingerprint density at radius 2 is 2.05 bits per heavy atom. The number of hydrogen-bond acceptors (Lipinski definition) is 4. The maximum atomic E-state index is 5.62. The van der Waals surface area contributed by atoms with E-state index in [1.807, 2.05) is 24.3 Å². The molecule has 2 aromatic heterocycles. The smallest absolute Gasteiger partial charge is 0.198 e. The first-order chi connectivity index (χ1) is 9.33. The largest absolute Gasteiger partial charge is 0.439 e. The molecule has 0 radical (unpaired) electrons. The van der Waals surface area contributed by atoms with Crippen LogP contribution in [0.15, 0.2) is 47.0 Å². The minimum atomic E-state index is 0.674. The van der Waals surface area contributed by atoms with E-state index in [-0.39, 0.29) is 0 Å². The molecule has 0 saturated heterocycles. The number of anilines is 1. The number of benzene rings is 1. The van der Waals surface area contributed by atoms with Crippen molar-refractivity contribution in [1.82, 2.24) is 9.97 Å². The number of pyridine rings is 1. The number of rotatable bonds is 4. The predicted molar refractivity (Wildman–Crippen MR) is 75.2 cm³/mol. The maximum absolute atomic E-state index is 5.62. The second kappa shape index (κ2) is 5.10. The van der Waals surface area contributed by atoms with Crippen molar-refractivity contribution in [3.05, 3.63) is 54.0 Å². The van der Waals surface area contributed by atoms with Gasteiger partial charge in [0.1, 0.15) is 0 Å². The lowest BCUT2D eigenvalue weighted by atomic mass is 10.2. The summed E-state index contributed by atoms with van der Waals surface area (Å²) in [4.78, 5) is 8.51. The molecule has 0 aliphatic rings. The number of nitrogens with zero attached hydrogens (tertiary/aromatic N) is 2. The number of hydrogen-bond donors (Lipinski definition) is 1. The second-order valence-corrected chi connectivity index (χ2v) is 4.42. The molecule has 0 aliphatic heterocycles. The fourth-order valence-electron chi connectivity index (χ4n) is 2.00. The van der Waals surface area contributed by atoms with Gasteiger partial charge in [-0.15, -0.1) is 0 Å². The third-order valence-corrected chi connectivity index (χ3v) is 3.01. The van der Waals surface area contributed by atoms with Gasteiger partial charge in [-0.2, -0.15) is 4.98 Å². The molecule has 0 saturated carbocycles. The van der Waals surface area contributed by atoms with E-state index in [1.165, 1.54) is 5.56 Å². The number of aryl methyl sites for hydroxylation is 1. The Bertz CT molecular complexity index is 657. The lowest BCUT2D eigenvalue weighted by molar-refractivity contribution is 0.534. The summed E-state index contributed by atoms with van der Waals surface area (Å²) in [6.45, 7) is 2.88. The number of aromatic nitrogens is 2. The van der Waals surface area contributed by atoms with Gasteiger partial charge < -0.3 is 9.73 Å². The van der Waals surface area contributed by atoms with Crippen LogP contribution in [-0.4, -0.2) is 16.5 Å². The fourth-order valence-corrected chi connectivity index (χ4v) is 2.00. The third-order valence-electron chi connectivity index (χ3n) is 3.01. The quantitative estimate of drug-likeness (QED) is 0.775. The Morgan fingerprint density at radius 1 is 1.16 bits per heavy atom. The third kappa shape index (κ3) is 2.57. The highest BCUT2D eigenvalue weighted by molar-refractivity contribution is 5.66. The molecule has 0 amide bonds. The summed E-state index contributed by atoms with van der Waals surface area (Å²) in [6.07, 6.45) is 2.46. The molecule has 0 unspecified atom stereocenters. The first kappa shape index (κ1) is 11.7. The van der Waals surface area contributed by atoms with Gasteiger partial charge in [0.05, 0.1) is 0 Å². The fraction of sp³-hybridized carbons (Fsp3) is 0.200. The average Bonchev–Trinajstić information content (AvgIpc) is 2.83. The second-order valence-electron chi connectivity index (χ2n) is 4.42. The molecule has 19 heavy (non-hydrogen) atoms. The van der Waals surface area contributed by atoms with E-state index in [0.29, 0.717) is 5.65 Å². The van der Waals surface area contributed by atoms with Gasteiger partial charge in [-0.1, -0.05) is 18.2 Å². The molecule has 4 nitrogen and oxygen atoms in total. The molecule has 0 aliphatic carbocycles. The molecule has 2 heterocycles. The molecule has 1 aromatic carbocycles. The molecule has 0 spiro atoms. The van der Waals surface area contributed by atoms with E-state index < -0.39 is 0 Å². The summed E-state index contributed by atoms with van der Waals surface area (Å²) in [5, 5.41) is 3.39. The van der Waals surface area contributed by atoms with Crippen molar-refractivity contribution < 1.29 is 4.42 Å². The van der Waals surface area contributed by atoms with E-state index >= 15 is 0 Å². The normalized spacial score (nSPS) is 10.8. The lowest BCUT2D eigenvalue weighted by Crippen LogP contribution is -2.06. The summed E-state index contributed by atoms with van der Waals surface area (Å²) in [5.41, 5.74) is 3.81. The minimum Gasteiger partial charge on any atom is -0.439 e. The molecule has 4 heteroatoms. The Kier molecular flexibility index (Phi) is 3.14. The molecule has 0 bridgehead atoms. The molecular formula is C15H15N3O. The summed E-state index contributed by atoms with van der Waals surface area (Å²) in [5.74, 6) is 0.717. The molecular weight excluding hydrogens is 238 g/mol. The van der Waals surface area contributed by atoms with E-state index in [4.69, 9.17) is 4.42 Å². The monoisotopic (exact) mass is 253 g/mol. The lowest BCUT2D eigenvalue weighted by Gasteiger charge is -2.07. The van der Waals surface area contributed by atoms with Crippen molar-refractivity contribution in [2.45, 2.75) is 13.3 Å². The van der Waals surface area contributed by atoms with Crippen LogP contribution in [0.5, 0.6) is 0 Å². The zero-order valence-corrected chi connectivity index (χ0v) is 10.8. The number of nitrogens with one attached hydrogen (secondary N) is 1. The molecule has 3 rings (SSSR count). The van der Waals surface area contributed by atoms with E-state index in [1.54, 1.807) is 6.20 Å². The van der Waals surface area contributed by atoms with Crippen LogP contribution in [-0.2, 0) is 6.42 Å². The van der Waals surface area contributed by atoms with Crippen LogP contribution in [0.1, 0.15) is 11.5 Å². The Morgan fingerprint density at radius 3 is 2.89 bits per heavy atom. The number of para-hydroxylation sites is 1. The summed E-state index contributed by atoms with van der Waals surface area (Å²) < 4.78 is 5.62. The van der Waals surface area contributed by atoms with E-state index in [2.05, 4.69) is 34.3 Å². The van der Waals surface area contributed by atoms with Crippen LogP contribution in [0, 0.1) is 6.92 Å². The van der Waals surface area contributed by atoms with Gasteiger partial charge in [-0.3, -0.25) is 0 Å². The van der Waals surface area contributed by atoms with Gasteiger partial charge in [-0.25, -0.2) is 4.98 Å². The number of oxazole rings is 1. The summed E-state index contributed by atoms with van der Waals surface area (Å²) >= 11 is 0. The Labute approximate surface area is 111 Å².